The van der Waals surface area contributed by atoms with Crippen LogP contribution in [-0.4, -0.2) is 106 Å². The lowest BCUT2D eigenvalue weighted by Crippen LogP contribution is -2.68. The number of carbonyl (C=O) groups excluding carboxylic acids is 2. The van der Waals surface area contributed by atoms with Crippen molar-refractivity contribution in [1.82, 2.24) is 19.9 Å². The van der Waals surface area contributed by atoms with Gasteiger partial charge in [0.1, 0.15) is 22.8 Å². The molecule has 3 aliphatic carbocycles. The van der Waals surface area contributed by atoms with Gasteiger partial charge in [-0.2, -0.15) is 0 Å². The molecule has 2 aromatic heterocycles. The van der Waals surface area contributed by atoms with Crippen molar-refractivity contribution in [2.75, 3.05) is 60.4 Å². The Morgan fingerprint density at radius 3 is 2.19 bits per heavy atom. The standard InChI is InChI=1S/C40H61N5O7Si/c1-14-16-20-49-33-27(18-19-43(6)7)41-37(45(10)11)25-22-24-23-26-31(44(8)9)34-30(38(42-51-34)50-21-17-15-2)36(48)40(26,52-53(12,13)39(3,4)5)35(47)28(24)32(46)29(25)33/h18-19,24,26,31,46H,14-17,20-23H2,1-13H3/t24-,26-,31-,40-/m0/s1. The second-order valence-electron chi connectivity index (χ2n) is 17.0. The van der Waals surface area contributed by atoms with Gasteiger partial charge in [0.2, 0.25) is 11.6 Å². The summed E-state index contributed by atoms with van der Waals surface area (Å²) in [4.78, 5) is 42.1. The Kier molecular flexibility index (Phi) is 11.6. The van der Waals surface area contributed by atoms with Crippen molar-refractivity contribution in [2.24, 2.45) is 11.8 Å². The fraction of sp³-hybridized carbons (Fsp3) is 0.650. The summed E-state index contributed by atoms with van der Waals surface area (Å²) < 4.78 is 25.8. The predicted octanol–water partition coefficient (Wildman–Crippen LogP) is 7.32. The number of unbranched alkanes of at least 4 members (excludes halogenated alkanes) is 2. The van der Waals surface area contributed by atoms with Crippen molar-refractivity contribution in [3.05, 3.63) is 39.9 Å². The normalized spacial score (nSPS) is 22.9. The fourth-order valence-corrected chi connectivity index (χ4v) is 9.10. The van der Waals surface area contributed by atoms with Gasteiger partial charge < -0.3 is 33.3 Å². The molecule has 0 aromatic carbocycles. The molecule has 0 amide bonds. The van der Waals surface area contributed by atoms with Crippen LogP contribution in [-0.2, 0) is 15.6 Å². The van der Waals surface area contributed by atoms with Gasteiger partial charge in [0.15, 0.2) is 25.4 Å². The van der Waals surface area contributed by atoms with Gasteiger partial charge in [-0.25, -0.2) is 4.98 Å². The van der Waals surface area contributed by atoms with Crippen molar-refractivity contribution in [1.29, 1.82) is 0 Å². The molecule has 13 heteroatoms. The van der Waals surface area contributed by atoms with Gasteiger partial charge in [-0.1, -0.05) is 47.5 Å². The van der Waals surface area contributed by atoms with E-state index in [-0.39, 0.29) is 27.8 Å². The van der Waals surface area contributed by atoms with E-state index in [9.17, 15) is 5.11 Å². The van der Waals surface area contributed by atoms with E-state index in [4.69, 9.17) is 23.4 Å². The van der Waals surface area contributed by atoms with Crippen molar-refractivity contribution >= 4 is 37.5 Å². The van der Waals surface area contributed by atoms with Crippen molar-refractivity contribution in [2.45, 2.75) is 103 Å². The van der Waals surface area contributed by atoms with Crippen LogP contribution in [0.4, 0.5) is 5.82 Å². The number of carbonyl (C=O) groups is 2. The van der Waals surface area contributed by atoms with E-state index in [2.05, 4.69) is 52.9 Å². The van der Waals surface area contributed by atoms with Crippen molar-refractivity contribution in [3.63, 3.8) is 0 Å². The average molecular weight is 752 g/mol. The van der Waals surface area contributed by atoms with Crippen LogP contribution in [0.1, 0.15) is 106 Å². The summed E-state index contributed by atoms with van der Waals surface area (Å²) in [6.07, 6.45) is 7.91. The molecule has 0 aliphatic heterocycles. The minimum atomic E-state index is -2.86. The van der Waals surface area contributed by atoms with Gasteiger partial charge >= 0.3 is 0 Å². The Morgan fingerprint density at radius 1 is 0.981 bits per heavy atom. The smallest absolute Gasteiger partial charge is 0.265 e. The highest BCUT2D eigenvalue weighted by atomic mass is 28.4. The third-order valence-electron chi connectivity index (χ3n) is 11.4. The molecule has 1 fully saturated rings. The van der Waals surface area contributed by atoms with Crippen LogP contribution in [0.3, 0.4) is 0 Å². The Labute approximate surface area is 316 Å². The largest absolute Gasteiger partial charge is 0.507 e. The number of hydrogen-bond donors (Lipinski definition) is 1. The lowest BCUT2D eigenvalue weighted by atomic mass is 9.57. The van der Waals surface area contributed by atoms with E-state index >= 15 is 9.59 Å². The summed E-state index contributed by atoms with van der Waals surface area (Å²) >= 11 is 0. The molecule has 292 valence electrons. The van der Waals surface area contributed by atoms with Gasteiger partial charge in [0.25, 0.3) is 5.88 Å². The lowest BCUT2D eigenvalue weighted by Gasteiger charge is -2.55. The summed E-state index contributed by atoms with van der Waals surface area (Å²) in [5.41, 5.74) is 0.185. The quantitative estimate of drug-likeness (QED) is 0.118. The maximum atomic E-state index is 15.8. The number of Topliss-reactive ketones (excluding diaryl/α,β-unsaturated/α-hetero) is 2. The van der Waals surface area contributed by atoms with Crippen LogP contribution < -0.4 is 14.4 Å². The molecule has 2 heterocycles. The highest BCUT2D eigenvalue weighted by Crippen LogP contribution is 2.59. The van der Waals surface area contributed by atoms with Gasteiger partial charge in [-0.3, -0.25) is 14.5 Å². The van der Waals surface area contributed by atoms with Crippen molar-refractivity contribution in [3.8, 4) is 11.6 Å². The first-order valence-electron chi connectivity index (χ1n) is 19.1. The molecule has 12 nitrogen and oxygen atoms in total. The molecular weight excluding hydrogens is 691 g/mol. The number of hydrogen-bond acceptors (Lipinski definition) is 12. The van der Waals surface area contributed by atoms with Gasteiger partial charge in [0.05, 0.1) is 24.8 Å². The summed E-state index contributed by atoms with van der Waals surface area (Å²) in [7, 11) is 8.67. The monoisotopic (exact) mass is 751 g/mol. The molecule has 0 saturated heterocycles. The second kappa shape index (κ2) is 15.2. The number of aliphatic hydroxyl groups excluding tert-OH is 1. The van der Waals surface area contributed by atoms with Crippen LogP contribution in [0, 0.1) is 11.8 Å². The molecule has 2 aromatic rings. The molecule has 53 heavy (non-hydrogen) atoms. The number of pyridine rings is 1. The first-order valence-corrected chi connectivity index (χ1v) is 22.0. The van der Waals surface area contributed by atoms with E-state index in [1.165, 1.54) is 0 Å². The van der Waals surface area contributed by atoms with Crippen LogP contribution in [0.5, 0.6) is 11.6 Å². The molecule has 0 bridgehead atoms. The van der Waals surface area contributed by atoms with E-state index in [0.29, 0.717) is 54.6 Å². The third kappa shape index (κ3) is 7.04. The number of fused-ring (bicyclic) bond motifs is 4. The van der Waals surface area contributed by atoms with Crippen LogP contribution in [0.15, 0.2) is 16.3 Å². The highest BCUT2D eigenvalue weighted by molar-refractivity contribution is 6.74. The summed E-state index contributed by atoms with van der Waals surface area (Å²) in [5.74, 6) is -0.711. The third-order valence-corrected chi connectivity index (χ3v) is 15.8. The zero-order chi connectivity index (χ0) is 39.2. The van der Waals surface area contributed by atoms with Gasteiger partial charge in [-0.15, -0.1) is 0 Å². The maximum absolute atomic E-state index is 15.8. The number of nitrogens with zero attached hydrogens (tertiary/aromatic N) is 5. The first-order chi connectivity index (χ1) is 24.8. The number of ketones is 2. The Bertz CT molecular complexity index is 1770. The van der Waals surface area contributed by atoms with E-state index < -0.39 is 43.4 Å². The van der Waals surface area contributed by atoms with Crippen LogP contribution in [0.25, 0.3) is 11.8 Å². The number of aliphatic hydroxyl groups is 1. The molecule has 0 radical (unpaired) electrons. The molecule has 1 N–H and O–H groups in total. The molecule has 4 atom stereocenters. The zero-order valence-corrected chi connectivity index (χ0v) is 35.2. The number of rotatable bonds is 14. The second-order valence-corrected chi connectivity index (χ2v) is 21.7. The molecule has 5 rings (SSSR count). The fourth-order valence-electron chi connectivity index (χ4n) is 7.65. The SMILES string of the molecule is CCCCOc1noc2c1C(=O)[C@@]1(O[Si](C)(C)C(C)(C)C)C(=O)C3=C(O)c4c(c(N(C)C)nc(C=CN(C)C)c4OCCCC)C[C@H]3C[C@H]1[C@@H]2N(C)C. The number of ether oxygens (including phenoxy) is 2. The minimum Gasteiger partial charge on any atom is -0.507 e. The minimum absolute atomic E-state index is 0.0784. The summed E-state index contributed by atoms with van der Waals surface area (Å²) in [6, 6.07) is -0.532. The Balaban J connectivity index is 1.83. The zero-order valence-electron chi connectivity index (χ0n) is 34.2. The van der Waals surface area contributed by atoms with Gasteiger partial charge in [0, 0.05) is 51.4 Å². The predicted molar refractivity (Wildman–Crippen MR) is 210 cm³/mol. The maximum Gasteiger partial charge on any atom is 0.265 e. The molecular formula is C40H61N5O7Si. The number of aromatic nitrogens is 2. The molecule has 3 aliphatic rings. The van der Waals surface area contributed by atoms with E-state index in [1.54, 1.807) is 0 Å². The van der Waals surface area contributed by atoms with Crippen LogP contribution >= 0.6 is 0 Å². The van der Waals surface area contributed by atoms with Crippen LogP contribution in [0.2, 0.25) is 18.1 Å². The van der Waals surface area contributed by atoms with Crippen molar-refractivity contribution < 1.29 is 33.1 Å². The highest BCUT2D eigenvalue weighted by Gasteiger charge is 2.69. The Morgan fingerprint density at radius 2 is 1.62 bits per heavy atom. The Hall–Kier alpha value is -3.68. The summed E-state index contributed by atoms with van der Waals surface area (Å²) in [6.45, 7) is 15.3. The first kappa shape index (κ1) is 40.5. The molecule has 0 spiro atoms. The van der Waals surface area contributed by atoms with Gasteiger partial charge in [-0.05, 0) is 75.1 Å². The lowest BCUT2D eigenvalue weighted by molar-refractivity contribution is -0.140. The number of anilines is 1. The molecule has 0 unspecified atom stereocenters. The topological polar surface area (TPSA) is 131 Å². The molecule has 1 saturated carbocycles. The summed E-state index contributed by atoms with van der Waals surface area (Å²) in [5, 5.41) is 16.5. The average Bonchev–Trinajstić information content (AvgIpc) is 3.47. The van der Waals surface area contributed by atoms with E-state index in [1.807, 2.05) is 69.3 Å². The van der Waals surface area contributed by atoms with E-state index in [0.717, 1.165) is 31.2 Å².